The zero-order valence-electron chi connectivity index (χ0n) is 14.3. The molecule has 3 rings (SSSR count). The molecule has 25 heavy (non-hydrogen) atoms. The SMILES string of the molecule is Cn1nccc1/C=C/C(=O)N1CCOC(CO)(Cc2ccccc2)C1. The second-order valence-electron chi connectivity index (χ2n) is 6.32. The van der Waals surface area contributed by atoms with Gasteiger partial charge in [-0.25, -0.2) is 0 Å². The van der Waals surface area contributed by atoms with Gasteiger partial charge in [0, 0.05) is 32.3 Å². The Labute approximate surface area is 147 Å². The summed E-state index contributed by atoms with van der Waals surface area (Å²) in [7, 11) is 1.83. The molecule has 1 aromatic heterocycles. The monoisotopic (exact) mass is 341 g/mol. The lowest BCUT2D eigenvalue weighted by Crippen LogP contribution is -2.56. The molecule has 1 aromatic carbocycles. The largest absolute Gasteiger partial charge is 0.393 e. The molecule has 0 spiro atoms. The zero-order valence-corrected chi connectivity index (χ0v) is 14.3. The number of carbonyl (C=O) groups is 1. The fraction of sp³-hybridized carbons (Fsp3) is 0.368. The Morgan fingerprint density at radius 1 is 1.36 bits per heavy atom. The first kappa shape index (κ1) is 17.4. The molecular formula is C19H23N3O3. The molecule has 1 saturated heterocycles. The van der Waals surface area contributed by atoms with Gasteiger partial charge in [0.25, 0.3) is 0 Å². The van der Waals surface area contributed by atoms with Gasteiger partial charge in [0.05, 0.1) is 25.5 Å². The van der Waals surface area contributed by atoms with Crippen molar-refractivity contribution in [1.29, 1.82) is 0 Å². The van der Waals surface area contributed by atoms with E-state index in [0.29, 0.717) is 26.1 Å². The minimum absolute atomic E-state index is 0.0876. The van der Waals surface area contributed by atoms with Crippen LogP contribution in [0.4, 0.5) is 0 Å². The molecule has 1 aliphatic rings. The van der Waals surface area contributed by atoms with E-state index in [1.807, 2.05) is 43.4 Å². The molecule has 1 amide bonds. The van der Waals surface area contributed by atoms with Gasteiger partial charge in [-0.2, -0.15) is 5.10 Å². The predicted octanol–water partition coefficient (Wildman–Crippen LogP) is 1.27. The van der Waals surface area contributed by atoms with Gasteiger partial charge in [0.1, 0.15) is 5.60 Å². The van der Waals surface area contributed by atoms with Gasteiger partial charge in [-0.3, -0.25) is 9.48 Å². The zero-order chi connectivity index (χ0) is 17.7. The van der Waals surface area contributed by atoms with Gasteiger partial charge >= 0.3 is 0 Å². The van der Waals surface area contributed by atoms with Crippen LogP contribution in [0.15, 0.2) is 48.7 Å². The third-order valence-electron chi connectivity index (χ3n) is 4.47. The number of nitrogens with zero attached hydrogens (tertiary/aromatic N) is 3. The lowest BCUT2D eigenvalue weighted by molar-refractivity contribution is -0.153. The molecule has 0 bridgehead atoms. The molecular weight excluding hydrogens is 318 g/mol. The molecule has 1 atom stereocenters. The van der Waals surface area contributed by atoms with Crippen LogP contribution < -0.4 is 0 Å². The standard InChI is InChI=1S/C19H23N3O3/c1-21-17(9-10-20-21)7-8-18(24)22-11-12-25-19(14-22,15-23)13-16-5-3-2-4-6-16/h2-10,23H,11-15H2,1H3/b8-7+. The quantitative estimate of drug-likeness (QED) is 0.832. The smallest absolute Gasteiger partial charge is 0.246 e. The molecule has 1 unspecified atom stereocenters. The Balaban J connectivity index is 1.69. The summed E-state index contributed by atoms with van der Waals surface area (Å²) in [6, 6.07) is 11.7. The third-order valence-corrected chi connectivity index (χ3v) is 4.47. The molecule has 6 heteroatoms. The minimum atomic E-state index is -0.754. The molecule has 2 aromatic rings. The van der Waals surface area contributed by atoms with Crippen molar-refractivity contribution in [2.75, 3.05) is 26.3 Å². The molecule has 1 aliphatic heterocycles. The van der Waals surface area contributed by atoms with Crippen LogP contribution >= 0.6 is 0 Å². The van der Waals surface area contributed by atoms with Gasteiger partial charge in [0.2, 0.25) is 5.91 Å². The summed E-state index contributed by atoms with van der Waals surface area (Å²) in [5, 5.41) is 14.0. The van der Waals surface area contributed by atoms with E-state index in [4.69, 9.17) is 4.74 Å². The van der Waals surface area contributed by atoms with Crippen LogP contribution in [0, 0.1) is 0 Å². The summed E-state index contributed by atoms with van der Waals surface area (Å²) < 4.78 is 7.59. The maximum atomic E-state index is 12.5. The highest BCUT2D eigenvalue weighted by Crippen LogP contribution is 2.23. The number of carbonyl (C=O) groups excluding carboxylic acids is 1. The highest BCUT2D eigenvalue weighted by molar-refractivity contribution is 5.91. The van der Waals surface area contributed by atoms with Gasteiger partial charge in [-0.15, -0.1) is 0 Å². The van der Waals surface area contributed by atoms with Crippen LogP contribution in [0.3, 0.4) is 0 Å². The summed E-state index contributed by atoms with van der Waals surface area (Å²) >= 11 is 0. The van der Waals surface area contributed by atoms with Crippen molar-refractivity contribution in [3.05, 3.63) is 59.9 Å². The van der Waals surface area contributed by atoms with Crippen LogP contribution in [0.25, 0.3) is 6.08 Å². The third kappa shape index (κ3) is 4.15. The van der Waals surface area contributed by atoms with Crippen LogP contribution in [0.1, 0.15) is 11.3 Å². The van der Waals surface area contributed by atoms with E-state index >= 15 is 0 Å². The number of aliphatic hydroxyl groups excluding tert-OH is 1. The summed E-state index contributed by atoms with van der Waals surface area (Å²) in [6.07, 6.45) is 5.56. The summed E-state index contributed by atoms with van der Waals surface area (Å²) in [5.41, 5.74) is 1.19. The summed E-state index contributed by atoms with van der Waals surface area (Å²) in [4.78, 5) is 14.3. The number of amides is 1. The van der Waals surface area contributed by atoms with Crippen molar-refractivity contribution in [3.63, 3.8) is 0 Å². The first-order valence-electron chi connectivity index (χ1n) is 8.36. The van der Waals surface area contributed by atoms with Crippen molar-refractivity contribution >= 4 is 12.0 Å². The maximum absolute atomic E-state index is 12.5. The van der Waals surface area contributed by atoms with E-state index in [9.17, 15) is 9.90 Å². The first-order valence-corrected chi connectivity index (χ1v) is 8.36. The second-order valence-corrected chi connectivity index (χ2v) is 6.32. The second kappa shape index (κ2) is 7.63. The Kier molecular flexibility index (Phi) is 5.31. The molecule has 0 aliphatic carbocycles. The average molecular weight is 341 g/mol. The molecule has 0 saturated carbocycles. The minimum Gasteiger partial charge on any atom is -0.393 e. The van der Waals surface area contributed by atoms with Crippen LogP contribution in [0.2, 0.25) is 0 Å². The Morgan fingerprint density at radius 3 is 2.84 bits per heavy atom. The fourth-order valence-electron chi connectivity index (χ4n) is 3.07. The van der Waals surface area contributed by atoms with E-state index in [2.05, 4.69) is 5.10 Å². The number of hydrogen-bond donors (Lipinski definition) is 1. The van der Waals surface area contributed by atoms with E-state index < -0.39 is 5.60 Å². The van der Waals surface area contributed by atoms with Gasteiger partial charge < -0.3 is 14.7 Å². The maximum Gasteiger partial charge on any atom is 0.246 e. The van der Waals surface area contributed by atoms with Crippen molar-refractivity contribution in [3.8, 4) is 0 Å². The molecule has 1 N–H and O–H groups in total. The number of ether oxygens (including phenoxy) is 1. The van der Waals surface area contributed by atoms with E-state index in [-0.39, 0.29) is 12.5 Å². The van der Waals surface area contributed by atoms with Crippen LogP contribution in [0.5, 0.6) is 0 Å². The van der Waals surface area contributed by atoms with E-state index in [0.717, 1.165) is 11.3 Å². The first-order chi connectivity index (χ1) is 12.1. The number of aliphatic hydroxyl groups is 1. The van der Waals surface area contributed by atoms with Gasteiger partial charge in [-0.1, -0.05) is 30.3 Å². The molecule has 1 fully saturated rings. The Bertz CT molecular complexity index is 741. The number of hydrogen-bond acceptors (Lipinski definition) is 4. The number of aromatic nitrogens is 2. The van der Waals surface area contributed by atoms with Crippen molar-refractivity contribution < 1.29 is 14.6 Å². The Hall–Kier alpha value is -2.44. The van der Waals surface area contributed by atoms with E-state index in [1.54, 1.807) is 27.9 Å². The number of benzene rings is 1. The summed E-state index contributed by atoms with van der Waals surface area (Å²) in [6.45, 7) is 1.17. The topological polar surface area (TPSA) is 67.6 Å². The van der Waals surface area contributed by atoms with Crippen molar-refractivity contribution in [1.82, 2.24) is 14.7 Å². The van der Waals surface area contributed by atoms with Crippen LogP contribution in [-0.2, 0) is 23.0 Å². The highest BCUT2D eigenvalue weighted by Gasteiger charge is 2.37. The highest BCUT2D eigenvalue weighted by atomic mass is 16.5. The average Bonchev–Trinajstić information content (AvgIpc) is 3.05. The molecule has 2 heterocycles. The molecule has 0 radical (unpaired) electrons. The van der Waals surface area contributed by atoms with Gasteiger partial charge in [0.15, 0.2) is 0 Å². The number of rotatable bonds is 5. The molecule has 132 valence electrons. The predicted molar refractivity (Wildman–Crippen MR) is 94.7 cm³/mol. The van der Waals surface area contributed by atoms with E-state index in [1.165, 1.54) is 0 Å². The molecule has 6 nitrogen and oxygen atoms in total. The number of morpholine rings is 1. The van der Waals surface area contributed by atoms with Crippen molar-refractivity contribution in [2.24, 2.45) is 7.05 Å². The van der Waals surface area contributed by atoms with Crippen LogP contribution in [-0.4, -0.2) is 57.6 Å². The van der Waals surface area contributed by atoms with Gasteiger partial charge in [-0.05, 0) is 17.7 Å². The lowest BCUT2D eigenvalue weighted by Gasteiger charge is -2.41. The fourth-order valence-corrected chi connectivity index (χ4v) is 3.07. The number of aryl methyl sites for hydroxylation is 1. The summed E-state index contributed by atoms with van der Waals surface area (Å²) in [5.74, 6) is -0.0876. The van der Waals surface area contributed by atoms with Crippen molar-refractivity contribution in [2.45, 2.75) is 12.0 Å². The normalized spacial score (nSPS) is 21.0. The lowest BCUT2D eigenvalue weighted by atomic mass is 9.93. The Morgan fingerprint density at radius 2 is 2.16 bits per heavy atom.